The number of phosphoric acid groups is 2. The van der Waals surface area contributed by atoms with Crippen molar-refractivity contribution in [2.75, 3.05) is 39.6 Å². The van der Waals surface area contributed by atoms with Crippen LogP contribution in [0, 0.1) is 17.8 Å². The number of hydrogen-bond donors (Lipinski definition) is 3. The minimum Gasteiger partial charge on any atom is -0.462 e. The van der Waals surface area contributed by atoms with E-state index < -0.39 is 97.5 Å². The number of aliphatic hydroxyl groups is 1. The third-order valence-electron chi connectivity index (χ3n) is 19.1. The van der Waals surface area contributed by atoms with Crippen LogP contribution in [0.3, 0.4) is 0 Å². The average molecular weight is 1480 g/mol. The average Bonchev–Trinajstić information content (AvgIpc) is 1.02. The molecule has 0 radical (unpaired) electrons. The van der Waals surface area contributed by atoms with Crippen LogP contribution in [-0.2, 0) is 65.4 Å². The van der Waals surface area contributed by atoms with Crippen molar-refractivity contribution in [3.05, 3.63) is 0 Å². The highest BCUT2D eigenvalue weighted by atomic mass is 31.2. The van der Waals surface area contributed by atoms with Crippen molar-refractivity contribution in [3.8, 4) is 0 Å². The van der Waals surface area contributed by atoms with Crippen LogP contribution < -0.4 is 0 Å². The quantitative estimate of drug-likeness (QED) is 0.0222. The number of carbonyl (C=O) groups is 4. The van der Waals surface area contributed by atoms with Crippen molar-refractivity contribution >= 4 is 39.5 Å². The summed E-state index contributed by atoms with van der Waals surface area (Å²) in [6.45, 7) is 11.9. The van der Waals surface area contributed by atoms with Crippen LogP contribution in [0.2, 0.25) is 0 Å². The van der Waals surface area contributed by atoms with Crippen LogP contribution in [0.5, 0.6) is 0 Å². The second-order valence-corrected chi connectivity index (χ2v) is 33.8. The molecule has 2 unspecified atom stereocenters. The van der Waals surface area contributed by atoms with Crippen molar-refractivity contribution in [1.82, 2.24) is 0 Å². The molecule has 0 heterocycles. The molecule has 0 bridgehead atoms. The first-order valence-corrected chi connectivity index (χ1v) is 45.3. The van der Waals surface area contributed by atoms with Crippen molar-refractivity contribution in [1.29, 1.82) is 0 Å². The Kier molecular flexibility index (Phi) is 70.9. The lowest BCUT2D eigenvalue weighted by Crippen LogP contribution is -2.30. The van der Waals surface area contributed by atoms with E-state index in [1.807, 2.05) is 0 Å². The van der Waals surface area contributed by atoms with Gasteiger partial charge in [-0.15, -0.1) is 0 Å². The molecular formula is C82H160O17P2. The van der Waals surface area contributed by atoms with E-state index >= 15 is 0 Å². The Hall–Kier alpha value is -1.94. The van der Waals surface area contributed by atoms with Gasteiger partial charge in [0.1, 0.15) is 19.3 Å². The summed E-state index contributed by atoms with van der Waals surface area (Å²) in [7, 11) is -9.92. The molecule has 0 spiro atoms. The molecule has 0 aromatic heterocycles. The zero-order valence-corrected chi connectivity index (χ0v) is 68.2. The Labute approximate surface area is 619 Å². The van der Waals surface area contributed by atoms with E-state index in [0.717, 1.165) is 108 Å². The molecule has 0 aliphatic rings. The lowest BCUT2D eigenvalue weighted by molar-refractivity contribution is -0.161. The van der Waals surface area contributed by atoms with Gasteiger partial charge in [0.05, 0.1) is 26.4 Å². The Morgan fingerprint density at radius 3 is 0.673 bits per heavy atom. The molecule has 101 heavy (non-hydrogen) atoms. The smallest absolute Gasteiger partial charge is 0.462 e. The van der Waals surface area contributed by atoms with Gasteiger partial charge in [-0.3, -0.25) is 37.3 Å². The summed E-state index contributed by atoms with van der Waals surface area (Å²) in [4.78, 5) is 73.0. The minimum absolute atomic E-state index is 0.104. The van der Waals surface area contributed by atoms with E-state index in [-0.39, 0.29) is 25.7 Å². The molecule has 0 aliphatic carbocycles. The third-order valence-corrected chi connectivity index (χ3v) is 21.0. The lowest BCUT2D eigenvalue weighted by atomic mass is 10.0. The third kappa shape index (κ3) is 76.1. The summed E-state index contributed by atoms with van der Waals surface area (Å²) >= 11 is 0. The molecule has 0 saturated heterocycles. The van der Waals surface area contributed by atoms with Gasteiger partial charge in [-0.1, -0.05) is 376 Å². The highest BCUT2D eigenvalue weighted by Crippen LogP contribution is 2.45. The molecule has 0 amide bonds. The molecule has 5 atom stereocenters. The monoisotopic (exact) mass is 1480 g/mol. The van der Waals surface area contributed by atoms with Crippen LogP contribution >= 0.6 is 15.6 Å². The minimum atomic E-state index is -4.96. The molecule has 0 aromatic carbocycles. The number of unbranched alkanes of at least 4 members (excludes halogenated alkanes) is 48. The standard InChI is InChI=1S/C82H160O17P2/c1-8-9-10-11-12-13-14-15-16-17-18-19-20-21-22-25-29-32-35-43-51-58-65-81(86)98-77(69-92-79(84)63-56-49-42-34-31-28-26-23-24-27-30-33-39-46-53-60-73(2)3)71-96-100(88,89)94-67-76(83)68-95-101(90,91)97-72-78(70-93-80(85)64-57-50-45-38-41-48-55-62-75(6)7)99-82(87)66-59-52-44-37-36-40-47-54-61-74(4)5/h73-78,83H,8-72H2,1-7H3,(H,88,89)(H,90,91)/t76-,77-,78-/m1/s1. The van der Waals surface area contributed by atoms with E-state index in [0.29, 0.717) is 31.6 Å². The van der Waals surface area contributed by atoms with Gasteiger partial charge in [0.15, 0.2) is 12.2 Å². The van der Waals surface area contributed by atoms with Crippen LogP contribution in [0.15, 0.2) is 0 Å². The summed E-state index contributed by atoms with van der Waals surface area (Å²) in [5.41, 5.74) is 0. The first kappa shape index (κ1) is 99.1. The summed E-state index contributed by atoms with van der Waals surface area (Å²) in [5, 5.41) is 10.6. The van der Waals surface area contributed by atoms with Gasteiger partial charge >= 0.3 is 39.5 Å². The number of rotatable bonds is 80. The normalized spacial score (nSPS) is 14.0. The predicted molar refractivity (Wildman–Crippen MR) is 414 cm³/mol. The zero-order valence-electron chi connectivity index (χ0n) is 66.4. The van der Waals surface area contributed by atoms with Gasteiger partial charge in [-0.25, -0.2) is 9.13 Å². The Bertz CT molecular complexity index is 1960. The topological polar surface area (TPSA) is 237 Å². The first-order valence-electron chi connectivity index (χ1n) is 42.3. The Morgan fingerprint density at radius 2 is 0.455 bits per heavy atom. The molecular weight excluding hydrogens is 1320 g/mol. The number of ether oxygens (including phenoxy) is 4. The molecule has 0 saturated carbocycles. The highest BCUT2D eigenvalue weighted by Gasteiger charge is 2.30. The van der Waals surface area contributed by atoms with Crippen LogP contribution in [-0.4, -0.2) is 96.7 Å². The van der Waals surface area contributed by atoms with Gasteiger partial charge in [-0.05, 0) is 43.4 Å². The molecule has 17 nitrogen and oxygen atoms in total. The van der Waals surface area contributed by atoms with Gasteiger partial charge in [-0.2, -0.15) is 0 Å². The molecule has 0 aromatic rings. The fourth-order valence-electron chi connectivity index (χ4n) is 12.7. The first-order chi connectivity index (χ1) is 48.7. The largest absolute Gasteiger partial charge is 0.472 e. The molecule has 600 valence electrons. The molecule has 19 heteroatoms. The summed E-state index contributed by atoms with van der Waals surface area (Å²) < 4.78 is 68.7. The van der Waals surface area contributed by atoms with Gasteiger partial charge in [0, 0.05) is 25.7 Å². The second kappa shape index (κ2) is 72.3. The summed E-state index contributed by atoms with van der Waals surface area (Å²) in [6.07, 6.45) is 61.4. The maximum Gasteiger partial charge on any atom is 0.472 e. The van der Waals surface area contributed by atoms with E-state index in [1.54, 1.807) is 0 Å². The van der Waals surface area contributed by atoms with Crippen molar-refractivity contribution in [2.45, 2.75) is 446 Å². The summed E-state index contributed by atoms with van der Waals surface area (Å²) in [6, 6.07) is 0. The number of phosphoric ester groups is 2. The second-order valence-electron chi connectivity index (χ2n) is 30.9. The van der Waals surface area contributed by atoms with Gasteiger partial charge in [0.2, 0.25) is 0 Å². The van der Waals surface area contributed by atoms with Gasteiger partial charge in [0.25, 0.3) is 0 Å². The SMILES string of the molecule is CCCCCCCCCCCCCCCCCCCCCCCCC(=O)O[C@H](COC(=O)CCCCCCCCCCCCCCCCCC(C)C)COP(=O)(O)OC[C@@H](O)COP(=O)(O)OC[C@@H](COC(=O)CCCCCCCCCC(C)C)OC(=O)CCCCCCCCCCC(C)C. The van der Waals surface area contributed by atoms with Gasteiger partial charge < -0.3 is 33.8 Å². The highest BCUT2D eigenvalue weighted by molar-refractivity contribution is 7.47. The van der Waals surface area contributed by atoms with E-state index in [9.17, 15) is 43.2 Å². The van der Waals surface area contributed by atoms with Crippen molar-refractivity contribution in [3.63, 3.8) is 0 Å². The maximum atomic E-state index is 13.1. The predicted octanol–water partition coefficient (Wildman–Crippen LogP) is 24.5. The number of aliphatic hydroxyl groups excluding tert-OH is 1. The molecule has 3 N–H and O–H groups in total. The van der Waals surface area contributed by atoms with E-state index in [1.165, 1.54) is 231 Å². The fraction of sp³-hybridized carbons (Fsp3) is 0.951. The molecule has 0 fully saturated rings. The van der Waals surface area contributed by atoms with Crippen LogP contribution in [0.1, 0.15) is 427 Å². The van der Waals surface area contributed by atoms with Crippen LogP contribution in [0.4, 0.5) is 0 Å². The maximum absolute atomic E-state index is 13.1. The number of hydrogen-bond acceptors (Lipinski definition) is 15. The zero-order chi connectivity index (χ0) is 74.4. The fourth-order valence-corrected chi connectivity index (χ4v) is 14.2. The Morgan fingerprint density at radius 1 is 0.267 bits per heavy atom. The lowest BCUT2D eigenvalue weighted by Gasteiger charge is -2.21. The van der Waals surface area contributed by atoms with E-state index in [2.05, 4.69) is 48.5 Å². The number of carbonyl (C=O) groups excluding carboxylic acids is 4. The molecule has 0 rings (SSSR count). The number of esters is 4. The Balaban J connectivity index is 5.20. The van der Waals surface area contributed by atoms with Crippen LogP contribution in [0.25, 0.3) is 0 Å². The summed E-state index contributed by atoms with van der Waals surface area (Å²) in [5.74, 6) is 0.115. The van der Waals surface area contributed by atoms with Crippen molar-refractivity contribution < 1.29 is 80.2 Å². The van der Waals surface area contributed by atoms with Crippen molar-refractivity contribution in [2.24, 2.45) is 17.8 Å². The molecule has 0 aliphatic heterocycles. The van der Waals surface area contributed by atoms with E-state index in [4.69, 9.17) is 37.0 Å².